The molecule has 8 nitrogen and oxygen atoms in total. The highest BCUT2D eigenvalue weighted by molar-refractivity contribution is 5.95. The third-order valence-corrected chi connectivity index (χ3v) is 6.71. The fourth-order valence-corrected chi connectivity index (χ4v) is 5.09. The molecule has 0 bridgehead atoms. The second kappa shape index (κ2) is 11.2. The van der Waals surface area contributed by atoms with Gasteiger partial charge in [-0.2, -0.15) is 0 Å². The van der Waals surface area contributed by atoms with Gasteiger partial charge in [0.25, 0.3) is 0 Å². The quantitative estimate of drug-likeness (QED) is 0.270. The second-order valence-corrected chi connectivity index (χ2v) is 9.99. The lowest BCUT2D eigenvalue weighted by Crippen LogP contribution is -2.54. The monoisotopic (exact) mass is 498 g/mol. The van der Waals surface area contributed by atoms with Gasteiger partial charge >= 0.3 is 5.97 Å². The van der Waals surface area contributed by atoms with E-state index in [-0.39, 0.29) is 5.97 Å². The average molecular weight is 499 g/mol. The molecule has 0 spiro atoms. The minimum Gasteiger partial charge on any atom is -0.462 e. The highest BCUT2D eigenvalue weighted by Gasteiger charge is 2.20. The van der Waals surface area contributed by atoms with Crippen molar-refractivity contribution in [2.24, 2.45) is 0 Å². The maximum Gasteiger partial charge on any atom is 0.339 e. The van der Waals surface area contributed by atoms with Crippen molar-refractivity contribution >= 4 is 16.9 Å². The Labute approximate surface area is 217 Å². The maximum atomic E-state index is 12.7. The molecule has 1 saturated heterocycles. The largest absolute Gasteiger partial charge is 0.462 e. The van der Waals surface area contributed by atoms with Gasteiger partial charge in [-0.1, -0.05) is 12.1 Å². The number of H-pyrrole nitrogens is 1. The zero-order chi connectivity index (χ0) is 25.8. The number of pyridine rings is 2. The lowest BCUT2D eigenvalue weighted by molar-refractivity contribution is 0.0493. The molecule has 0 amide bonds. The van der Waals surface area contributed by atoms with E-state index in [0.717, 1.165) is 71.7 Å². The van der Waals surface area contributed by atoms with Crippen molar-refractivity contribution in [3.8, 4) is 22.6 Å². The van der Waals surface area contributed by atoms with Gasteiger partial charge in [-0.3, -0.25) is 9.97 Å². The number of aromatic nitrogens is 4. The Kier molecular flexibility index (Phi) is 7.58. The van der Waals surface area contributed by atoms with Crippen LogP contribution in [0.15, 0.2) is 55.0 Å². The number of carbonyl (C=O) groups excluding carboxylic acids is 1. The third-order valence-electron chi connectivity index (χ3n) is 6.71. The Hall–Kier alpha value is -3.62. The number of piperazine rings is 1. The minimum absolute atomic E-state index is 0.339. The number of aryl methyl sites for hydroxylation is 1. The highest BCUT2D eigenvalue weighted by atomic mass is 16.5. The van der Waals surface area contributed by atoms with Crippen LogP contribution >= 0.6 is 0 Å². The molecule has 1 aliphatic heterocycles. The molecule has 2 atom stereocenters. The molecule has 192 valence electrons. The summed E-state index contributed by atoms with van der Waals surface area (Å²) >= 11 is 0. The van der Waals surface area contributed by atoms with E-state index in [1.54, 1.807) is 12.5 Å². The van der Waals surface area contributed by atoms with Crippen molar-refractivity contribution in [2.45, 2.75) is 45.7 Å². The Morgan fingerprint density at radius 2 is 1.92 bits per heavy atom. The van der Waals surface area contributed by atoms with E-state index in [1.165, 1.54) is 0 Å². The molecule has 3 aromatic heterocycles. The van der Waals surface area contributed by atoms with Crippen LogP contribution in [0.5, 0.6) is 0 Å². The summed E-state index contributed by atoms with van der Waals surface area (Å²) in [5, 5.41) is 4.42. The predicted molar refractivity (Wildman–Crippen MR) is 145 cm³/mol. The number of esters is 1. The number of nitrogens with zero attached hydrogens (tertiary/aromatic N) is 4. The average Bonchev–Trinajstić information content (AvgIpc) is 3.37. The van der Waals surface area contributed by atoms with Crippen LogP contribution in [0.1, 0.15) is 42.7 Å². The highest BCUT2D eigenvalue weighted by Crippen LogP contribution is 2.30. The summed E-state index contributed by atoms with van der Waals surface area (Å²) in [6.45, 7) is 9.98. The molecule has 1 aliphatic rings. The molecule has 2 N–H and O–H groups in total. The number of nitrogens with one attached hydrogen (secondary N) is 2. The number of unbranched alkanes of at least 4 members (excludes halogenated alkanes) is 1. The number of hydrogen-bond acceptors (Lipinski definition) is 7. The molecule has 0 radical (unpaired) electrons. The first-order valence-corrected chi connectivity index (χ1v) is 13.0. The molecule has 0 unspecified atom stereocenters. The Balaban J connectivity index is 1.22. The van der Waals surface area contributed by atoms with E-state index in [1.807, 2.05) is 49.4 Å². The molecule has 4 aromatic rings. The first-order chi connectivity index (χ1) is 18.0. The van der Waals surface area contributed by atoms with Crippen LogP contribution in [0.3, 0.4) is 0 Å². The van der Waals surface area contributed by atoms with Crippen molar-refractivity contribution in [1.82, 2.24) is 30.2 Å². The summed E-state index contributed by atoms with van der Waals surface area (Å²) in [5.74, 6) is -0.339. The summed E-state index contributed by atoms with van der Waals surface area (Å²) < 4.78 is 5.56. The fraction of sp³-hybridized carbons (Fsp3) is 0.379. The van der Waals surface area contributed by atoms with E-state index >= 15 is 0 Å². The van der Waals surface area contributed by atoms with E-state index in [2.05, 4.69) is 44.0 Å². The van der Waals surface area contributed by atoms with Gasteiger partial charge in [0.2, 0.25) is 0 Å². The van der Waals surface area contributed by atoms with Crippen molar-refractivity contribution < 1.29 is 9.53 Å². The van der Waals surface area contributed by atoms with Gasteiger partial charge in [0.05, 0.1) is 41.1 Å². The predicted octanol–water partition coefficient (Wildman–Crippen LogP) is 4.61. The zero-order valence-electron chi connectivity index (χ0n) is 21.7. The Morgan fingerprint density at radius 1 is 1.08 bits per heavy atom. The molecule has 4 heterocycles. The zero-order valence-corrected chi connectivity index (χ0v) is 21.7. The summed E-state index contributed by atoms with van der Waals surface area (Å²) in [5.41, 5.74) is 5.64. The SMILES string of the molecule is Cc1cccc(-c2[nH]cnc2-c2ccc3ncc(C(=O)OCCCCN4C[C@@H](C)N[C@@H](C)C4)cc3c2)n1. The van der Waals surface area contributed by atoms with Crippen LogP contribution < -0.4 is 5.32 Å². The smallest absolute Gasteiger partial charge is 0.339 e. The van der Waals surface area contributed by atoms with Crippen LogP contribution in [0.4, 0.5) is 0 Å². The summed E-state index contributed by atoms with van der Waals surface area (Å²) in [6, 6.07) is 14.7. The standard InChI is InChI=1S/C29H34N6O2/c1-19-7-6-8-26(34-19)28-27(31-18-32-28)22-9-10-25-23(13-22)14-24(15-30-25)29(36)37-12-5-4-11-35-16-20(2)33-21(3)17-35/h6-10,13-15,18,20-21,33H,4-5,11-12,16-17H2,1-3H3,(H,31,32)/t20-,21+. The number of carbonyl (C=O) groups is 1. The second-order valence-electron chi connectivity index (χ2n) is 9.99. The van der Waals surface area contributed by atoms with E-state index < -0.39 is 0 Å². The van der Waals surface area contributed by atoms with Gasteiger partial charge in [-0.15, -0.1) is 0 Å². The fourth-order valence-electron chi connectivity index (χ4n) is 5.09. The number of hydrogen-bond donors (Lipinski definition) is 2. The van der Waals surface area contributed by atoms with E-state index in [9.17, 15) is 4.79 Å². The molecule has 1 aromatic carbocycles. The molecule has 8 heteroatoms. The number of imidazole rings is 1. The van der Waals surface area contributed by atoms with E-state index in [4.69, 9.17) is 4.74 Å². The summed E-state index contributed by atoms with van der Waals surface area (Å²) in [7, 11) is 0. The Bertz CT molecular complexity index is 1370. The number of fused-ring (bicyclic) bond motifs is 1. The number of ether oxygens (including phenoxy) is 1. The van der Waals surface area contributed by atoms with Gasteiger partial charge < -0.3 is 19.9 Å². The molecule has 1 fully saturated rings. The van der Waals surface area contributed by atoms with Crippen molar-refractivity contribution in [1.29, 1.82) is 0 Å². The van der Waals surface area contributed by atoms with Crippen LogP contribution in [0.2, 0.25) is 0 Å². The number of rotatable bonds is 8. The van der Waals surface area contributed by atoms with Crippen molar-refractivity contribution in [3.05, 3.63) is 66.2 Å². The number of aromatic amines is 1. The normalized spacial score (nSPS) is 18.2. The molecule has 5 rings (SSSR count). The molecule has 37 heavy (non-hydrogen) atoms. The number of benzene rings is 1. The van der Waals surface area contributed by atoms with Gasteiger partial charge in [-0.25, -0.2) is 9.78 Å². The topological polar surface area (TPSA) is 96.0 Å². The van der Waals surface area contributed by atoms with Crippen molar-refractivity contribution in [2.75, 3.05) is 26.2 Å². The lowest BCUT2D eigenvalue weighted by Gasteiger charge is -2.36. The first-order valence-electron chi connectivity index (χ1n) is 13.0. The van der Waals surface area contributed by atoms with Gasteiger partial charge in [0, 0.05) is 48.0 Å². The van der Waals surface area contributed by atoms with Gasteiger partial charge in [0.15, 0.2) is 0 Å². The maximum absolute atomic E-state index is 12.7. The third kappa shape index (κ3) is 6.03. The molecule has 0 saturated carbocycles. The first kappa shape index (κ1) is 25.0. The minimum atomic E-state index is -0.339. The summed E-state index contributed by atoms with van der Waals surface area (Å²) in [6.07, 6.45) is 5.12. The lowest BCUT2D eigenvalue weighted by atomic mass is 10.0. The van der Waals surface area contributed by atoms with Gasteiger partial charge in [-0.05, 0) is 70.5 Å². The molecular formula is C29H34N6O2. The Morgan fingerprint density at radius 3 is 2.73 bits per heavy atom. The van der Waals surface area contributed by atoms with Crippen LogP contribution in [-0.2, 0) is 4.74 Å². The van der Waals surface area contributed by atoms with Crippen LogP contribution in [-0.4, -0.2) is 69.1 Å². The van der Waals surface area contributed by atoms with Crippen molar-refractivity contribution in [3.63, 3.8) is 0 Å². The van der Waals surface area contributed by atoms with Gasteiger partial charge in [0.1, 0.15) is 0 Å². The van der Waals surface area contributed by atoms with Crippen LogP contribution in [0.25, 0.3) is 33.5 Å². The molecule has 0 aliphatic carbocycles. The molecular weight excluding hydrogens is 464 g/mol. The van der Waals surface area contributed by atoms with Crippen LogP contribution in [0, 0.1) is 6.92 Å². The summed E-state index contributed by atoms with van der Waals surface area (Å²) in [4.78, 5) is 32.1. The van der Waals surface area contributed by atoms with E-state index in [0.29, 0.717) is 24.3 Å².